The molecule has 0 saturated carbocycles. The van der Waals surface area contributed by atoms with E-state index in [1.54, 1.807) is 6.07 Å². The van der Waals surface area contributed by atoms with Crippen LogP contribution >= 0.6 is 0 Å². The lowest BCUT2D eigenvalue weighted by molar-refractivity contribution is 0.0905. The molecule has 0 aromatic heterocycles. The summed E-state index contributed by atoms with van der Waals surface area (Å²) < 4.78 is 25.3. The van der Waals surface area contributed by atoms with E-state index in [4.69, 9.17) is 0 Å². The Bertz CT molecular complexity index is 539. The standard InChI is InChI=1S/C15H17FO2S/c1-9-2-3-11(16)8-14(9)15(17)10-6-12-4-5-13(7-10)19(12)18/h2-3,8,10,12-13H,4-7H2,1H3. The van der Waals surface area contributed by atoms with Gasteiger partial charge in [0.15, 0.2) is 5.78 Å². The highest BCUT2D eigenvalue weighted by Gasteiger charge is 2.43. The molecule has 19 heavy (non-hydrogen) atoms. The number of halogens is 1. The Hall–Kier alpha value is -1.03. The summed E-state index contributed by atoms with van der Waals surface area (Å²) in [4.78, 5) is 12.5. The molecule has 0 radical (unpaired) electrons. The zero-order chi connectivity index (χ0) is 13.6. The van der Waals surface area contributed by atoms with Gasteiger partial charge in [0.05, 0.1) is 0 Å². The van der Waals surface area contributed by atoms with Crippen molar-refractivity contribution in [3.05, 3.63) is 35.1 Å². The molecule has 2 heterocycles. The number of hydrogen-bond acceptors (Lipinski definition) is 2. The van der Waals surface area contributed by atoms with E-state index in [2.05, 4.69) is 0 Å². The summed E-state index contributed by atoms with van der Waals surface area (Å²) in [5.41, 5.74) is 1.32. The Morgan fingerprint density at radius 2 is 1.89 bits per heavy atom. The topological polar surface area (TPSA) is 34.1 Å². The highest BCUT2D eigenvalue weighted by atomic mass is 32.2. The molecule has 0 spiro atoms. The summed E-state index contributed by atoms with van der Waals surface area (Å²) >= 11 is 0. The van der Waals surface area contributed by atoms with Crippen molar-refractivity contribution in [3.63, 3.8) is 0 Å². The average molecular weight is 280 g/mol. The lowest BCUT2D eigenvalue weighted by Crippen LogP contribution is -2.32. The van der Waals surface area contributed by atoms with Crippen LogP contribution in [0, 0.1) is 18.7 Å². The van der Waals surface area contributed by atoms with Gasteiger partial charge in [-0.25, -0.2) is 4.39 Å². The molecule has 1 aromatic carbocycles. The number of Topliss-reactive ketones (excluding diaryl/α,β-unsaturated/α-hetero) is 1. The fourth-order valence-electron chi connectivity index (χ4n) is 3.33. The molecule has 2 atom stereocenters. The van der Waals surface area contributed by atoms with Gasteiger partial charge in [0, 0.05) is 32.8 Å². The average Bonchev–Trinajstić information content (AvgIpc) is 2.64. The van der Waals surface area contributed by atoms with Gasteiger partial charge in [-0.15, -0.1) is 0 Å². The van der Waals surface area contributed by atoms with Crippen molar-refractivity contribution in [2.75, 3.05) is 0 Å². The van der Waals surface area contributed by atoms with Crippen LogP contribution in [0.3, 0.4) is 0 Å². The van der Waals surface area contributed by atoms with Crippen LogP contribution in [0.2, 0.25) is 0 Å². The Balaban J connectivity index is 1.85. The summed E-state index contributed by atoms with van der Waals surface area (Å²) in [5, 5.41) is 0.364. The molecule has 2 unspecified atom stereocenters. The van der Waals surface area contributed by atoms with Gasteiger partial charge >= 0.3 is 0 Å². The largest absolute Gasteiger partial charge is 0.294 e. The second kappa shape index (κ2) is 4.82. The van der Waals surface area contributed by atoms with Gasteiger partial charge in [-0.2, -0.15) is 0 Å². The molecule has 2 aliphatic heterocycles. The maximum Gasteiger partial charge on any atom is 0.166 e. The molecule has 102 valence electrons. The molecular weight excluding hydrogens is 263 g/mol. The number of aryl methyl sites for hydroxylation is 1. The van der Waals surface area contributed by atoms with Crippen LogP contribution in [0.25, 0.3) is 0 Å². The van der Waals surface area contributed by atoms with Crippen LogP contribution in [0.15, 0.2) is 18.2 Å². The minimum Gasteiger partial charge on any atom is -0.294 e. The lowest BCUT2D eigenvalue weighted by Gasteiger charge is -2.26. The van der Waals surface area contributed by atoms with E-state index in [9.17, 15) is 13.4 Å². The second-order valence-electron chi connectivity index (χ2n) is 5.64. The SMILES string of the molecule is Cc1ccc(F)cc1C(=O)C1CC2CCC(C1)S2=O. The molecule has 2 aliphatic rings. The maximum atomic E-state index is 13.3. The van der Waals surface area contributed by atoms with Crippen molar-refractivity contribution in [2.24, 2.45) is 5.92 Å². The Labute approximate surface area is 114 Å². The highest BCUT2D eigenvalue weighted by Crippen LogP contribution is 2.40. The van der Waals surface area contributed by atoms with Crippen molar-refractivity contribution >= 4 is 16.6 Å². The van der Waals surface area contributed by atoms with Gasteiger partial charge in [0.1, 0.15) is 5.82 Å². The van der Waals surface area contributed by atoms with Crippen LogP contribution in [0.1, 0.15) is 41.6 Å². The van der Waals surface area contributed by atoms with E-state index in [-0.39, 0.29) is 28.0 Å². The third-order valence-electron chi connectivity index (χ3n) is 4.40. The summed E-state index contributed by atoms with van der Waals surface area (Å²) in [6.45, 7) is 1.84. The first-order chi connectivity index (χ1) is 9.06. The van der Waals surface area contributed by atoms with Crippen molar-refractivity contribution in [3.8, 4) is 0 Å². The Morgan fingerprint density at radius 3 is 2.53 bits per heavy atom. The fraction of sp³-hybridized carbons (Fsp3) is 0.533. The zero-order valence-corrected chi connectivity index (χ0v) is 11.7. The summed E-state index contributed by atoms with van der Waals surface area (Å²) in [7, 11) is -0.748. The molecule has 0 aliphatic carbocycles. The van der Waals surface area contributed by atoms with Crippen LogP contribution < -0.4 is 0 Å². The van der Waals surface area contributed by atoms with Crippen LogP contribution in [0.5, 0.6) is 0 Å². The van der Waals surface area contributed by atoms with E-state index < -0.39 is 10.8 Å². The van der Waals surface area contributed by atoms with E-state index in [1.807, 2.05) is 6.92 Å². The normalized spacial score (nSPS) is 33.4. The maximum absolute atomic E-state index is 13.3. The Kier molecular flexibility index (Phi) is 3.29. The number of fused-ring (bicyclic) bond motifs is 2. The summed E-state index contributed by atoms with van der Waals surface area (Å²) in [6.07, 6.45) is 3.36. The number of hydrogen-bond donors (Lipinski definition) is 0. The molecule has 2 nitrogen and oxygen atoms in total. The minimum atomic E-state index is -0.748. The van der Waals surface area contributed by atoms with E-state index in [1.165, 1.54) is 12.1 Å². The van der Waals surface area contributed by atoms with Crippen molar-refractivity contribution in [1.29, 1.82) is 0 Å². The van der Waals surface area contributed by atoms with Crippen molar-refractivity contribution < 1.29 is 13.4 Å². The number of carbonyl (C=O) groups is 1. The second-order valence-corrected chi connectivity index (χ2v) is 7.63. The summed E-state index contributed by atoms with van der Waals surface area (Å²) in [6, 6.07) is 4.37. The van der Waals surface area contributed by atoms with Crippen molar-refractivity contribution in [1.82, 2.24) is 0 Å². The summed E-state index contributed by atoms with van der Waals surface area (Å²) in [5.74, 6) is -0.405. The quantitative estimate of drug-likeness (QED) is 0.780. The zero-order valence-electron chi connectivity index (χ0n) is 10.9. The molecule has 3 rings (SSSR count). The molecule has 2 fully saturated rings. The lowest BCUT2D eigenvalue weighted by atomic mass is 9.88. The Morgan fingerprint density at radius 1 is 1.26 bits per heavy atom. The molecular formula is C15H17FO2S. The third kappa shape index (κ3) is 2.27. The molecule has 4 heteroatoms. The predicted molar refractivity (Wildman–Crippen MR) is 73.1 cm³/mol. The van der Waals surface area contributed by atoms with Gasteiger partial charge in [-0.3, -0.25) is 9.00 Å². The first-order valence-corrected chi connectivity index (χ1v) is 8.03. The van der Waals surface area contributed by atoms with Gasteiger partial charge in [0.25, 0.3) is 0 Å². The molecule has 2 bridgehead atoms. The first-order valence-electron chi connectivity index (χ1n) is 6.76. The van der Waals surface area contributed by atoms with E-state index >= 15 is 0 Å². The van der Waals surface area contributed by atoms with Crippen molar-refractivity contribution in [2.45, 2.75) is 43.1 Å². The van der Waals surface area contributed by atoms with Gasteiger partial charge < -0.3 is 0 Å². The molecule has 1 aromatic rings. The highest BCUT2D eigenvalue weighted by molar-refractivity contribution is 7.86. The fourth-order valence-corrected chi connectivity index (χ4v) is 5.45. The predicted octanol–water partition coefficient (Wildman–Crippen LogP) is 3.01. The molecule has 0 N–H and O–H groups in total. The van der Waals surface area contributed by atoms with E-state index in [0.29, 0.717) is 18.4 Å². The van der Waals surface area contributed by atoms with Crippen LogP contribution in [-0.2, 0) is 10.8 Å². The number of rotatable bonds is 2. The van der Waals surface area contributed by atoms with Gasteiger partial charge in [0.2, 0.25) is 0 Å². The van der Waals surface area contributed by atoms with E-state index in [0.717, 1.165) is 18.4 Å². The van der Waals surface area contributed by atoms with Crippen LogP contribution in [0.4, 0.5) is 4.39 Å². The van der Waals surface area contributed by atoms with Gasteiger partial charge in [-0.1, -0.05) is 6.07 Å². The molecule has 0 amide bonds. The number of carbonyl (C=O) groups excluding carboxylic acids is 1. The third-order valence-corrected chi connectivity index (χ3v) is 6.57. The number of benzene rings is 1. The number of ketones is 1. The van der Waals surface area contributed by atoms with Gasteiger partial charge in [-0.05, 0) is 50.3 Å². The smallest absolute Gasteiger partial charge is 0.166 e. The minimum absolute atomic E-state index is 0.0330. The monoisotopic (exact) mass is 280 g/mol. The van der Waals surface area contributed by atoms with Crippen LogP contribution in [-0.4, -0.2) is 20.5 Å². The first kappa shape index (κ1) is 13.0. The molecule has 2 saturated heterocycles.